The van der Waals surface area contributed by atoms with Crippen molar-refractivity contribution in [1.82, 2.24) is 5.32 Å². The fourth-order valence-corrected chi connectivity index (χ4v) is 3.08. The van der Waals surface area contributed by atoms with E-state index in [1.165, 1.54) is 44.1 Å². The highest BCUT2D eigenvalue weighted by Gasteiger charge is 2.12. The molecule has 0 unspecified atom stereocenters. The van der Waals surface area contributed by atoms with Crippen molar-refractivity contribution >= 4 is 5.91 Å². The highest BCUT2D eigenvalue weighted by molar-refractivity contribution is 5.87. The van der Waals surface area contributed by atoms with Gasteiger partial charge < -0.3 is 14.8 Å². The first-order valence-electron chi connectivity index (χ1n) is 10.6. The number of aryl methyl sites for hydroxylation is 1. The fraction of sp³-hybridized carbons (Fsp3) is 0.542. The minimum atomic E-state index is -0.0147. The molecule has 1 aromatic rings. The average molecular weight is 386 g/mol. The zero-order chi connectivity index (χ0) is 20.0. The summed E-state index contributed by atoms with van der Waals surface area (Å²) in [5, 5.41) is 2.87. The Morgan fingerprint density at radius 1 is 1.04 bits per heavy atom. The molecule has 1 aromatic carbocycles. The lowest BCUT2D eigenvalue weighted by atomic mass is 10.0. The van der Waals surface area contributed by atoms with E-state index in [1.807, 2.05) is 18.2 Å². The SMILES string of the molecule is CC(C)CNC(=O)/C=C/C=C/CCCCCCCCc1ccc2c(c1)OCO2. The molecule has 0 spiro atoms. The smallest absolute Gasteiger partial charge is 0.243 e. The molecule has 1 aliphatic heterocycles. The first kappa shape index (κ1) is 22.1. The Balaban J connectivity index is 1.42. The maximum atomic E-state index is 11.5. The van der Waals surface area contributed by atoms with Crippen LogP contribution < -0.4 is 14.8 Å². The van der Waals surface area contributed by atoms with E-state index in [9.17, 15) is 4.79 Å². The van der Waals surface area contributed by atoms with Crippen molar-refractivity contribution in [2.75, 3.05) is 13.3 Å². The number of hydrogen-bond acceptors (Lipinski definition) is 3. The first-order chi connectivity index (χ1) is 13.6. The Labute approximate surface area is 170 Å². The van der Waals surface area contributed by atoms with Crippen molar-refractivity contribution in [3.63, 3.8) is 0 Å². The van der Waals surface area contributed by atoms with Crippen molar-refractivity contribution in [2.45, 2.75) is 65.2 Å². The monoisotopic (exact) mass is 385 g/mol. The number of hydrogen-bond donors (Lipinski definition) is 1. The summed E-state index contributed by atoms with van der Waals surface area (Å²) in [6, 6.07) is 6.26. The van der Waals surface area contributed by atoms with E-state index in [0.29, 0.717) is 12.7 Å². The van der Waals surface area contributed by atoms with Gasteiger partial charge in [0, 0.05) is 12.6 Å². The van der Waals surface area contributed by atoms with Crippen LogP contribution in [0.15, 0.2) is 42.5 Å². The molecule has 1 amide bonds. The largest absolute Gasteiger partial charge is 0.454 e. The van der Waals surface area contributed by atoms with Crippen LogP contribution in [0.1, 0.15) is 64.4 Å². The van der Waals surface area contributed by atoms with Crippen LogP contribution in [0.5, 0.6) is 11.5 Å². The van der Waals surface area contributed by atoms with Gasteiger partial charge in [-0.2, -0.15) is 0 Å². The lowest BCUT2D eigenvalue weighted by Gasteiger charge is -2.04. The van der Waals surface area contributed by atoms with Gasteiger partial charge in [-0.25, -0.2) is 0 Å². The Morgan fingerprint density at radius 3 is 2.61 bits per heavy atom. The summed E-state index contributed by atoms with van der Waals surface area (Å²) in [5.74, 6) is 2.22. The zero-order valence-electron chi connectivity index (χ0n) is 17.4. The molecule has 1 N–H and O–H groups in total. The van der Waals surface area contributed by atoms with E-state index < -0.39 is 0 Å². The van der Waals surface area contributed by atoms with Crippen LogP contribution in [-0.4, -0.2) is 19.2 Å². The van der Waals surface area contributed by atoms with Crippen LogP contribution in [-0.2, 0) is 11.2 Å². The van der Waals surface area contributed by atoms with Crippen LogP contribution in [0.25, 0.3) is 0 Å². The molecule has 154 valence electrons. The van der Waals surface area contributed by atoms with Gasteiger partial charge in [-0.1, -0.05) is 63.8 Å². The number of allylic oxidation sites excluding steroid dienone is 3. The molecule has 0 saturated heterocycles. The molecular weight excluding hydrogens is 350 g/mol. The molecule has 4 heteroatoms. The minimum absolute atomic E-state index is 0.0147. The maximum absolute atomic E-state index is 11.5. The van der Waals surface area contributed by atoms with E-state index >= 15 is 0 Å². The minimum Gasteiger partial charge on any atom is -0.454 e. The predicted molar refractivity (Wildman–Crippen MR) is 115 cm³/mol. The standard InChI is InChI=1S/C24H35NO3/c1-20(2)18-25-24(26)14-12-10-8-6-4-3-5-7-9-11-13-21-15-16-22-23(17-21)28-19-27-22/h8,10,12,14-17,20H,3-7,9,11,13,18-19H2,1-2H3,(H,25,26)/b10-8+,14-12+. The highest BCUT2D eigenvalue weighted by Crippen LogP contribution is 2.32. The van der Waals surface area contributed by atoms with E-state index in [2.05, 4.69) is 37.4 Å². The summed E-state index contributed by atoms with van der Waals surface area (Å²) in [6.07, 6.45) is 17.3. The van der Waals surface area contributed by atoms with Crippen molar-refractivity contribution in [3.05, 3.63) is 48.1 Å². The average Bonchev–Trinajstić information content (AvgIpc) is 3.15. The second kappa shape index (κ2) is 13.0. The molecule has 0 aromatic heterocycles. The Bertz CT molecular complexity index is 649. The van der Waals surface area contributed by atoms with Gasteiger partial charge in [0.1, 0.15) is 0 Å². The topological polar surface area (TPSA) is 47.6 Å². The van der Waals surface area contributed by atoms with Gasteiger partial charge in [-0.15, -0.1) is 0 Å². The number of carbonyl (C=O) groups is 1. The summed E-state index contributed by atoms with van der Waals surface area (Å²) in [6.45, 7) is 5.24. The summed E-state index contributed by atoms with van der Waals surface area (Å²) in [5.41, 5.74) is 1.33. The molecule has 1 heterocycles. The summed E-state index contributed by atoms with van der Waals surface area (Å²) in [4.78, 5) is 11.5. The molecular formula is C24H35NO3. The number of benzene rings is 1. The lowest BCUT2D eigenvalue weighted by molar-refractivity contribution is -0.116. The van der Waals surface area contributed by atoms with Crippen molar-refractivity contribution in [1.29, 1.82) is 0 Å². The molecule has 0 atom stereocenters. The first-order valence-corrected chi connectivity index (χ1v) is 10.6. The molecule has 0 radical (unpaired) electrons. The van der Waals surface area contributed by atoms with E-state index in [1.54, 1.807) is 6.08 Å². The molecule has 0 bridgehead atoms. The van der Waals surface area contributed by atoms with Crippen molar-refractivity contribution in [2.24, 2.45) is 5.92 Å². The number of nitrogens with one attached hydrogen (secondary N) is 1. The third-order valence-corrected chi connectivity index (χ3v) is 4.70. The van der Waals surface area contributed by atoms with Crippen LogP contribution in [0.4, 0.5) is 0 Å². The second-order valence-corrected chi connectivity index (χ2v) is 7.77. The predicted octanol–water partition coefficient (Wildman–Crippen LogP) is 5.57. The molecule has 0 aliphatic carbocycles. The number of carbonyl (C=O) groups excluding carboxylic acids is 1. The van der Waals surface area contributed by atoms with Gasteiger partial charge in [0.2, 0.25) is 12.7 Å². The van der Waals surface area contributed by atoms with Gasteiger partial charge in [0.05, 0.1) is 0 Å². The maximum Gasteiger partial charge on any atom is 0.243 e. The van der Waals surface area contributed by atoms with Crippen molar-refractivity contribution in [3.8, 4) is 11.5 Å². The third-order valence-electron chi connectivity index (χ3n) is 4.70. The van der Waals surface area contributed by atoms with Gasteiger partial charge in [-0.3, -0.25) is 4.79 Å². The number of rotatable bonds is 13. The second-order valence-electron chi connectivity index (χ2n) is 7.77. The molecule has 4 nitrogen and oxygen atoms in total. The fourth-order valence-electron chi connectivity index (χ4n) is 3.08. The summed E-state index contributed by atoms with van der Waals surface area (Å²) >= 11 is 0. The van der Waals surface area contributed by atoms with Gasteiger partial charge in [-0.05, 0) is 49.3 Å². The number of amides is 1. The molecule has 2 rings (SSSR count). The quantitative estimate of drug-likeness (QED) is 0.274. The molecule has 0 saturated carbocycles. The number of fused-ring (bicyclic) bond motifs is 1. The van der Waals surface area contributed by atoms with Crippen LogP contribution in [0.3, 0.4) is 0 Å². The highest BCUT2D eigenvalue weighted by atomic mass is 16.7. The summed E-state index contributed by atoms with van der Waals surface area (Å²) < 4.78 is 10.8. The number of ether oxygens (including phenoxy) is 2. The van der Waals surface area contributed by atoms with Crippen LogP contribution >= 0.6 is 0 Å². The Kier molecular flexibility index (Phi) is 10.3. The number of unbranched alkanes of at least 4 members (excludes halogenated alkanes) is 6. The zero-order valence-corrected chi connectivity index (χ0v) is 17.4. The van der Waals surface area contributed by atoms with Gasteiger partial charge >= 0.3 is 0 Å². The van der Waals surface area contributed by atoms with Crippen LogP contribution in [0.2, 0.25) is 0 Å². The van der Waals surface area contributed by atoms with Gasteiger partial charge in [0.25, 0.3) is 0 Å². The van der Waals surface area contributed by atoms with E-state index in [4.69, 9.17) is 9.47 Å². The normalized spacial score (nSPS) is 13.1. The van der Waals surface area contributed by atoms with Crippen LogP contribution in [0, 0.1) is 5.92 Å². The molecule has 0 fully saturated rings. The molecule has 1 aliphatic rings. The summed E-state index contributed by atoms with van der Waals surface area (Å²) in [7, 11) is 0. The van der Waals surface area contributed by atoms with E-state index in [-0.39, 0.29) is 5.91 Å². The Morgan fingerprint density at radius 2 is 1.79 bits per heavy atom. The third kappa shape index (κ3) is 9.12. The lowest BCUT2D eigenvalue weighted by Crippen LogP contribution is -2.25. The van der Waals surface area contributed by atoms with Gasteiger partial charge in [0.15, 0.2) is 11.5 Å². The van der Waals surface area contributed by atoms with Crippen molar-refractivity contribution < 1.29 is 14.3 Å². The molecule has 28 heavy (non-hydrogen) atoms. The Hall–Kier alpha value is -2.23. The van der Waals surface area contributed by atoms with E-state index in [0.717, 1.165) is 30.9 Å².